The molecule has 2 amide bonds. The van der Waals surface area contributed by atoms with E-state index in [1.54, 1.807) is 6.20 Å². The van der Waals surface area contributed by atoms with Gasteiger partial charge in [-0.25, -0.2) is 4.79 Å². The van der Waals surface area contributed by atoms with Gasteiger partial charge in [-0.15, -0.1) is 0 Å². The van der Waals surface area contributed by atoms with Crippen molar-refractivity contribution >= 4 is 16.9 Å². The topological polar surface area (TPSA) is 74.2 Å². The van der Waals surface area contributed by atoms with E-state index in [-0.39, 0.29) is 12.1 Å². The molecule has 1 fully saturated rings. The number of carbonyl (C=O) groups excluding carboxylic acids is 1. The number of nitrogens with one attached hydrogen (secondary N) is 2. The Morgan fingerprint density at radius 2 is 2.09 bits per heavy atom. The fraction of sp³-hybridized carbons (Fsp3) is 0.444. The number of para-hydroxylation sites is 1. The van der Waals surface area contributed by atoms with Gasteiger partial charge >= 0.3 is 6.03 Å². The van der Waals surface area contributed by atoms with Gasteiger partial charge in [0, 0.05) is 24.7 Å². The first-order chi connectivity index (χ1) is 11.2. The third kappa shape index (κ3) is 4.20. The summed E-state index contributed by atoms with van der Waals surface area (Å²) in [6.45, 7) is 1.07. The molecule has 5 nitrogen and oxygen atoms in total. The lowest BCUT2D eigenvalue weighted by atomic mass is 9.87. The first-order valence-corrected chi connectivity index (χ1v) is 8.25. The summed E-state index contributed by atoms with van der Waals surface area (Å²) in [5.74, 6) is 0.378. The average molecular weight is 313 g/mol. The molecule has 122 valence electrons. The highest BCUT2D eigenvalue weighted by molar-refractivity contribution is 5.82. The number of fused-ring (bicyclic) bond motifs is 1. The maximum Gasteiger partial charge on any atom is 0.315 e. The molecule has 3 rings (SSSR count). The van der Waals surface area contributed by atoms with E-state index in [1.807, 2.05) is 30.3 Å². The third-order valence-electron chi connectivity index (χ3n) is 4.46. The zero-order valence-corrected chi connectivity index (χ0v) is 13.2. The third-order valence-corrected chi connectivity index (χ3v) is 4.46. The number of benzene rings is 1. The van der Waals surface area contributed by atoms with Crippen LogP contribution in [0.4, 0.5) is 4.79 Å². The number of amides is 2. The Balaban J connectivity index is 1.50. The number of nitrogens with zero attached hydrogens (tertiary/aromatic N) is 1. The van der Waals surface area contributed by atoms with Gasteiger partial charge in [-0.05, 0) is 36.8 Å². The first-order valence-electron chi connectivity index (χ1n) is 8.25. The zero-order valence-electron chi connectivity index (χ0n) is 13.2. The van der Waals surface area contributed by atoms with Crippen molar-refractivity contribution in [3.8, 4) is 0 Å². The Hall–Kier alpha value is -2.14. The second kappa shape index (κ2) is 7.42. The highest BCUT2D eigenvalue weighted by Crippen LogP contribution is 2.23. The highest BCUT2D eigenvalue weighted by atomic mass is 16.3. The van der Waals surface area contributed by atoms with Gasteiger partial charge in [-0.1, -0.05) is 30.7 Å². The van der Waals surface area contributed by atoms with E-state index in [2.05, 4.69) is 15.6 Å². The van der Waals surface area contributed by atoms with Crippen LogP contribution < -0.4 is 10.6 Å². The minimum atomic E-state index is -0.208. The summed E-state index contributed by atoms with van der Waals surface area (Å²) >= 11 is 0. The first kappa shape index (κ1) is 15.7. The van der Waals surface area contributed by atoms with Gasteiger partial charge in [0.1, 0.15) is 0 Å². The normalized spacial score (nSPS) is 21.1. The highest BCUT2D eigenvalue weighted by Gasteiger charge is 2.20. The zero-order chi connectivity index (χ0) is 16.1. The summed E-state index contributed by atoms with van der Waals surface area (Å²) in [6.07, 6.45) is 5.34. The van der Waals surface area contributed by atoms with Crippen LogP contribution in [0.25, 0.3) is 10.9 Å². The lowest BCUT2D eigenvalue weighted by Gasteiger charge is -2.25. The predicted molar refractivity (Wildman–Crippen MR) is 89.9 cm³/mol. The van der Waals surface area contributed by atoms with Crippen molar-refractivity contribution in [2.24, 2.45) is 5.92 Å². The van der Waals surface area contributed by atoms with E-state index < -0.39 is 0 Å². The predicted octanol–water partition coefficient (Wildman–Crippen LogP) is 2.59. The molecule has 5 heteroatoms. The van der Waals surface area contributed by atoms with Crippen molar-refractivity contribution in [1.29, 1.82) is 0 Å². The number of aromatic nitrogens is 1. The minimum absolute atomic E-state index is 0.169. The molecule has 0 spiro atoms. The van der Waals surface area contributed by atoms with E-state index >= 15 is 0 Å². The Bertz CT molecular complexity index is 669. The molecule has 1 aliphatic rings. The molecule has 1 saturated carbocycles. The van der Waals surface area contributed by atoms with E-state index in [9.17, 15) is 9.90 Å². The van der Waals surface area contributed by atoms with Crippen LogP contribution in [0.3, 0.4) is 0 Å². The maximum atomic E-state index is 12.0. The molecule has 23 heavy (non-hydrogen) atoms. The molecule has 1 aromatic carbocycles. The van der Waals surface area contributed by atoms with Crippen LogP contribution in [0.15, 0.2) is 36.5 Å². The molecular weight excluding hydrogens is 290 g/mol. The van der Waals surface area contributed by atoms with Crippen LogP contribution in [0.5, 0.6) is 0 Å². The Morgan fingerprint density at radius 1 is 1.22 bits per heavy atom. The Morgan fingerprint density at radius 3 is 2.96 bits per heavy atom. The molecule has 0 aliphatic heterocycles. The smallest absolute Gasteiger partial charge is 0.315 e. The van der Waals surface area contributed by atoms with Crippen molar-refractivity contribution in [3.63, 3.8) is 0 Å². The number of aliphatic hydroxyl groups excluding tert-OH is 1. The Labute approximate surface area is 136 Å². The summed E-state index contributed by atoms with van der Waals surface area (Å²) in [4.78, 5) is 16.4. The van der Waals surface area contributed by atoms with Crippen molar-refractivity contribution < 1.29 is 9.90 Å². The van der Waals surface area contributed by atoms with Crippen LogP contribution in [0.1, 0.15) is 31.2 Å². The van der Waals surface area contributed by atoms with Crippen molar-refractivity contribution in [2.75, 3.05) is 6.54 Å². The van der Waals surface area contributed by atoms with Gasteiger partial charge in [-0.3, -0.25) is 4.98 Å². The molecule has 2 unspecified atom stereocenters. The van der Waals surface area contributed by atoms with Gasteiger partial charge in [0.15, 0.2) is 0 Å². The van der Waals surface area contributed by atoms with E-state index in [1.165, 1.54) is 0 Å². The standard InChI is InChI=1S/C18H23N3O2/c22-16-8-1-4-13(10-16)11-20-18(23)21-12-15-6-2-5-14-7-3-9-19-17(14)15/h2-3,5-7,9,13,16,22H,1,4,8,10-12H2,(H2,20,21,23). The average Bonchev–Trinajstić information content (AvgIpc) is 2.58. The number of hydrogen-bond acceptors (Lipinski definition) is 3. The van der Waals surface area contributed by atoms with Gasteiger partial charge < -0.3 is 15.7 Å². The molecule has 3 N–H and O–H groups in total. The SMILES string of the molecule is O=C(NCc1cccc2cccnc12)NCC1CCCC(O)C1. The summed E-state index contributed by atoms with van der Waals surface area (Å²) in [7, 11) is 0. The molecule has 1 aromatic heterocycles. The molecular formula is C18H23N3O2. The molecule has 2 aromatic rings. The van der Waals surface area contributed by atoms with Crippen LogP contribution in [0, 0.1) is 5.92 Å². The van der Waals surface area contributed by atoms with Crippen LogP contribution in [-0.2, 0) is 6.54 Å². The number of urea groups is 1. The number of pyridine rings is 1. The van der Waals surface area contributed by atoms with E-state index in [4.69, 9.17) is 0 Å². The monoisotopic (exact) mass is 313 g/mol. The lowest BCUT2D eigenvalue weighted by Crippen LogP contribution is -2.39. The second-order valence-corrected chi connectivity index (χ2v) is 6.24. The van der Waals surface area contributed by atoms with Crippen LogP contribution >= 0.6 is 0 Å². The summed E-state index contributed by atoms with van der Waals surface area (Å²) in [5.41, 5.74) is 1.93. The number of hydrogen-bond donors (Lipinski definition) is 3. The van der Waals surface area contributed by atoms with Crippen molar-refractivity contribution in [3.05, 3.63) is 42.1 Å². The molecule has 0 bridgehead atoms. The molecule has 2 atom stereocenters. The Kier molecular flexibility index (Phi) is 5.08. The van der Waals surface area contributed by atoms with Gasteiger partial charge in [0.2, 0.25) is 0 Å². The minimum Gasteiger partial charge on any atom is -0.393 e. The second-order valence-electron chi connectivity index (χ2n) is 6.24. The largest absolute Gasteiger partial charge is 0.393 e. The molecule has 1 aliphatic carbocycles. The molecule has 0 radical (unpaired) electrons. The number of rotatable bonds is 4. The van der Waals surface area contributed by atoms with E-state index in [0.717, 1.165) is 42.1 Å². The molecule has 1 heterocycles. The van der Waals surface area contributed by atoms with Crippen LogP contribution in [-0.4, -0.2) is 28.8 Å². The fourth-order valence-corrected chi connectivity index (χ4v) is 3.23. The van der Waals surface area contributed by atoms with Gasteiger partial charge in [-0.2, -0.15) is 0 Å². The van der Waals surface area contributed by atoms with Gasteiger partial charge in [0.05, 0.1) is 11.6 Å². The molecule has 0 saturated heterocycles. The maximum absolute atomic E-state index is 12.0. The quantitative estimate of drug-likeness (QED) is 0.812. The summed E-state index contributed by atoms with van der Waals surface area (Å²) in [5, 5.41) is 16.5. The van der Waals surface area contributed by atoms with E-state index in [0.29, 0.717) is 19.0 Å². The summed E-state index contributed by atoms with van der Waals surface area (Å²) in [6, 6.07) is 9.72. The lowest BCUT2D eigenvalue weighted by molar-refractivity contribution is 0.101. The van der Waals surface area contributed by atoms with Crippen molar-refractivity contribution in [1.82, 2.24) is 15.6 Å². The summed E-state index contributed by atoms with van der Waals surface area (Å²) < 4.78 is 0. The van der Waals surface area contributed by atoms with Crippen molar-refractivity contribution in [2.45, 2.75) is 38.3 Å². The number of aliphatic hydroxyl groups is 1. The fourth-order valence-electron chi connectivity index (χ4n) is 3.23. The van der Waals surface area contributed by atoms with Crippen LogP contribution in [0.2, 0.25) is 0 Å². The number of carbonyl (C=O) groups is 1. The van der Waals surface area contributed by atoms with Gasteiger partial charge in [0.25, 0.3) is 0 Å².